The molecule has 14 heavy (non-hydrogen) atoms. The number of rotatable bonds is 6. The Bertz CT molecular complexity index is 164. The highest BCUT2D eigenvalue weighted by atomic mass is 16.6. The summed E-state index contributed by atoms with van der Waals surface area (Å²) >= 11 is 0. The molecule has 0 N–H and O–H groups in total. The fourth-order valence-corrected chi connectivity index (χ4v) is 0.968. The van der Waals surface area contributed by atoms with Crippen molar-refractivity contribution in [2.75, 3.05) is 6.61 Å². The van der Waals surface area contributed by atoms with Crippen molar-refractivity contribution in [1.29, 1.82) is 0 Å². The van der Waals surface area contributed by atoms with E-state index in [0.717, 1.165) is 0 Å². The maximum atomic E-state index is 11.2. The van der Waals surface area contributed by atoms with Crippen molar-refractivity contribution in [3.05, 3.63) is 0 Å². The van der Waals surface area contributed by atoms with E-state index in [1.165, 1.54) is 0 Å². The standard InChI is InChI=1S/C11H22O3/c1-8(2)6-11(12)14-10(5)7-13-9(3)4/h8-10H,6-7H2,1-5H3. The van der Waals surface area contributed by atoms with Gasteiger partial charge in [0.2, 0.25) is 0 Å². The third kappa shape index (κ3) is 8.05. The van der Waals surface area contributed by atoms with Crippen LogP contribution in [0.5, 0.6) is 0 Å². The van der Waals surface area contributed by atoms with Gasteiger partial charge in [0.05, 0.1) is 12.7 Å². The van der Waals surface area contributed by atoms with E-state index < -0.39 is 0 Å². The highest BCUT2D eigenvalue weighted by Gasteiger charge is 2.11. The molecule has 0 bridgehead atoms. The molecule has 0 radical (unpaired) electrons. The number of hydrogen-bond donors (Lipinski definition) is 0. The highest BCUT2D eigenvalue weighted by Crippen LogP contribution is 2.04. The average molecular weight is 202 g/mol. The zero-order valence-corrected chi connectivity index (χ0v) is 9.87. The molecule has 0 aromatic heterocycles. The summed E-state index contributed by atoms with van der Waals surface area (Å²) < 4.78 is 10.5. The molecule has 0 aromatic rings. The molecule has 0 aliphatic rings. The van der Waals surface area contributed by atoms with Crippen LogP contribution >= 0.6 is 0 Å². The Labute approximate surface area is 86.8 Å². The number of ether oxygens (including phenoxy) is 2. The second kappa shape index (κ2) is 6.82. The second-order valence-corrected chi connectivity index (χ2v) is 4.28. The molecule has 0 aromatic carbocycles. The van der Waals surface area contributed by atoms with E-state index in [0.29, 0.717) is 18.9 Å². The van der Waals surface area contributed by atoms with Crippen molar-refractivity contribution < 1.29 is 14.3 Å². The number of carbonyl (C=O) groups excluding carboxylic acids is 1. The lowest BCUT2D eigenvalue weighted by molar-refractivity contribution is -0.152. The van der Waals surface area contributed by atoms with Gasteiger partial charge in [-0.15, -0.1) is 0 Å². The topological polar surface area (TPSA) is 35.5 Å². The van der Waals surface area contributed by atoms with Gasteiger partial charge in [-0.3, -0.25) is 4.79 Å². The monoisotopic (exact) mass is 202 g/mol. The molecule has 0 fully saturated rings. The van der Waals surface area contributed by atoms with Crippen LogP contribution in [0.2, 0.25) is 0 Å². The van der Waals surface area contributed by atoms with E-state index in [1.807, 2.05) is 34.6 Å². The van der Waals surface area contributed by atoms with Gasteiger partial charge in [-0.05, 0) is 26.7 Å². The minimum Gasteiger partial charge on any atom is -0.460 e. The SMILES string of the molecule is CC(C)CC(=O)OC(C)COC(C)C. The number of hydrogen-bond acceptors (Lipinski definition) is 3. The summed E-state index contributed by atoms with van der Waals surface area (Å²) in [6.45, 7) is 10.2. The van der Waals surface area contributed by atoms with Crippen molar-refractivity contribution in [1.82, 2.24) is 0 Å². The summed E-state index contributed by atoms with van der Waals surface area (Å²) in [4.78, 5) is 11.2. The maximum absolute atomic E-state index is 11.2. The van der Waals surface area contributed by atoms with Crippen LogP contribution in [0.1, 0.15) is 41.0 Å². The second-order valence-electron chi connectivity index (χ2n) is 4.28. The van der Waals surface area contributed by atoms with Crippen LogP contribution in [0.25, 0.3) is 0 Å². The van der Waals surface area contributed by atoms with Crippen LogP contribution in [0.3, 0.4) is 0 Å². The van der Waals surface area contributed by atoms with Crippen LogP contribution in [0.15, 0.2) is 0 Å². The van der Waals surface area contributed by atoms with Gasteiger partial charge in [0.25, 0.3) is 0 Å². The molecular weight excluding hydrogens is 180 g/mol. The van der Waals surface area contributed by atoms with Crippen molar-refractivity contribution in [2.24, 2.45) is 5.92 Å². The largest absolute Gasteiger partial charge is 0.460 e. The van der Waals surface area contributed by atoms with Crippen molar-refractivity contribution in [2.45, 2.75) is 53.2 Å². The smallest absolute Gasteiger partial charge is 0.306 e. The van der Waals surface area contributed by atoms with E-state index in [1.54, 1.807) is 0 Å². The van der Waals surface area contributed by atoms with Gasteiger partial charge in [-0.2, -0.15) is 0 Å². The Morgan fingerprint density at radius 2 is 1.71 bits per heavy atom. The summed E-state index contributed by atoms with van der Waals surface area (Å²) in [5, 5.41) is 0. The Morgan fingerprint density at radius 1 is 1.14 bits per heavy atom. The highest BCUT2D eigenvalue weighted by molar-refractivity contribution is 5.69. The third-order valence-corrected chi connectivity index (χ3v) is 1.57. The van der Waals surface area contributed by atoms with E-state index in [9.17, 15) is 4.79 Å². The summed E-state index contributed by atoms with van der Waals surface area (Å²) in [6, 6.07) is 0. The van der Waals surface area contributed by atoms with Crippen LogP contribution in [0.4, 0.5) is 0 Å². The first kappa shape index (κ1) is 13.4. The van der Waals surface area contributed by atoms with Gasteiger partial charge in [0, 0.05) is 6.42 Å². The quantitative estimate of drug-likeness (QED) is 0.620. The fraction of sp³-hybridized carbons (Fsp3) is 0.909. The molecule has 1 atom stereocenters. The molecule has 0 saturated carbocycles. The number of esters is 1. The first-order valence-corrected chi connectivity index (χ1v) is 5.23. The Balaban J connectivity index is 3.60. The van der Waals surface area contributed by atoms with Crippen LogP contribution in [-0.2, 0) is 14.3 Å². The van der Waals surface area contributed by atoms with Gasteiger partial charge < -0.3 is 9.47 Å². The molecule has 0 amide bonds. The van der Waals surface area contributed by atoms with Gasteiger partial charge in [0.15, 0.2) is 0 Å². The van der Waals surface area contributed by atoms with E-state index in [-0.39, 0.29) is 18.2 Å². The summed E-state index contributed by atoms with van der Waals surface area (Å²) in [5.41, 5.74) is 0. The Hall–Kier alpha value is -0.570. The van der Waals surface area contributed by atoms with Gasteiger partial charge in [-0.25, -0.2) is 0 Å². The molecule has 0 aliphatic carbocycles. The predicted molar refractivity (Wildman–Crippen MR) is 56.1 cm³/mol. The lowest BCUT2D eigenvalue weighted by atomic mass is 10.1. The molecule has 0 spiro atoms. The summed E-state index contributed by atoms with van der Waals surface area (Å²) in [6.07, 6.45) is 0.511. The number of carbonyl (C=O) groups is 1. The molecule has 1 unspecified atom stereocenters. The van der Waals surface area contributed by atoms with Crippen LogP contribution < -0.4 is 0 Å². The zero-order valence-electron chi connectivity index (χ0n) is 9.87. The maximum Gasteiger partial charge on any atom is 0.306 e. The fourth-order valence-electron chi connectivity index (χ4n) is 0.968. The summed E-state index contributed by atoms with van der Waals surface area (Å²) in [5.74, 6) is 0.209. The van der Waals surface area contributed by atoms with Crippen molar-refractivity contribution in [3.8, 4) is 0 Å². The first-order valence-electron chi connectivity index (χ1n) is 5.23. The molecule has 0 saturated heterocycles. The molecular formula is C11H22O3. The van der Waals surface area contributed by atoms with Gasteiger partial charge in [-0.1, -0.05) is 13.8 Å². The lowest BCUT2D eigenvalue weighted by Crippen LogP contribution is -2.22. The minimum atomic E-state index is -0.149. The van der Waals surface area contributed by atoms with E-state index in [4.69, 9.17) is 9.47 Å². The van der Waals surface area contributed by atoms with Crippen LogP contribution in [-0.4, -0.2) is 24.8 Å². The third-order valence-electron chi connectivity index (χ3n) is 1.57. The summed E-state index contributed by atoms with van der Waals surface area (Å²) in [7, 11) is 0. The van der Waals surface area contributed by atoms with Crippen molar-refractivity contribution >= 4 is 5.97 Å². The van der Waals surface area contributed by atoms with Gasteiger partial charge >= 0.3 is 5.97 Å². The molecule has 0 heterocycles. The minimum absolute atomic E-state index is 0.139. The van der Waals surface area contributed by atoms with Crippen molar-refractivity contribution in [3.63, 3.8) is 0 Å². The molecule has 84 valence electrons. The average Bonchev–Trinajstić information content (AvgIpc) is 1.98. The molecule has 0 aliphatic heterocycles. The lowest BCUT2D eigenvalue weighted by Gasteiger charge is -2.15. The van der Waals surface area contributed by atoms with Crippen LogP contribution in [0, 0.1) is 5.92 Å². The molecule has 3 nitrogen and oxygen atoms in total. The predicted octanol–water partition coefficient (Wildman–Crippen LogP) is 2.39. The normalized spacial score (nSPS) is 13.4. The molecule has 3 heteroatoms. The van der Waals surface area contributed by atoms with E-state index in [2.05, 4.69) is 0 Å². The Morgan fingerprint density at radius 3 is 2.14 bits per heavy atom. The van der Waals surface area contributed by atoms with Gasteiger partial charge in [0.1, 0.15) is 6.10 Å². The Kier molecular flexibility index (Phi) is 6.54. The first-order chi connectivity index (χ1) is 6.41. The molecule has 0 rings (SSSR count). The van der Waals surface area contributed by atoms with E-state index >= 15 is 0 Å². The zero-order chi connectivity index (χ0) is 11.1.